The number of halogens is 1. The molecule has 16 heavy (non-hydrogen) atoms. The first kappa shape index (κ1) is 11.7. The van der Waals surface area contributed by atoms with Crippen molar-refractivity contribution in [2.45, 2.75) is 12.5 Å². The molecule has 1 atom stereocenters. The van der Waals surface area contributed by atoms with Crippen molar-refractivity contribution in [3.8, 4) is 0 Å². The summed E-state index contributed by atoms with van der Waals surface area (Å²) in [5, 5.41) is 0. The second kappa shape index (κ2) is 5.54. The summed E-state index contributed by atoms with van der Waals surface area (Å²) in [4.78, 5) is 5.22. The lowest BCUT2D eigenvalue weighted by Crippen LogP contribution is -2.29. The summed E-state index contributed by atoms with van der Waals surface area (Å²) in [5.74, 6) is 5.58. The molecule has 0 saturated carbocycles. The van der Waals surface area contributed by atoms with Gasteiger partial charge in [0.05, 0.1) is 11.6 Å². The Hall–Kier alpha value is -0.750. The predicted molar refractivity (Wildman–Crippen MR) is 70.0 cm³/mol. The molecule has 0 radical (unpaired) electrons. The van der Waals surface area contributed by atoms with E-state index in [0.717, 1.165) is 15.8 Å². The van der Waals surface area contributed by atoms with Crippen molar-refractivity contribution in [3.63, 3.8) is 0 Å². The number of aromatic nitrogens is 1. The van der Waals surface area contributed by atoms with Crippen molar-refractivity contribution >= 4 is 27.3 Å². The average molecular weight is 298 g/mol. The van der Waals surface area contributed by atoms with Crippen LogP contribution in [0.1, 0.15) is 16.5 Å². The summed E-state index contributed by atoms with van der Waals surface area (Å²) in [7, 11) is 0. The molecule has 0 aliphatic rings. The Morgan fingerprint density at radius 2 is 2.25 bits per heavy atom. The van der Waals surface area contributed by atoms with Gasteiger partial charge in [0, 0.05) is 15.5 Å². The average Bonchev–Trinajstić information content (AvgIpc) is 2.81. The molecule has 2 rings (SSSR count). The fourth-order valence-electron chi connectivity index (χ4n) is 1.52. The number of nitrogens with zero attached hydrogens (tertiary/aromatic N) is 1. The Balaban J connectivity index is 2.17. The zero-order chi connectivity index (χ0) is 11.4. The predicted octanol–water partition coefficient (Wildman–Crippen LogP) is 2.65. The second-order valence-corrected chi connectivity index (χ2v) is 5.19. The van der Waals surface area contributed by atoms with Crippen LogP contribution in [-0.4, -0.2) is 4.98 Å². The smallest absolute Gasteiger partial charge is 0.0794 e. The number of nitrogens with two attached hydrogens (primary N) is 1. The highest BCUT2D eigenvalue weighted by Crippen LogP contribution is 2.24. The van der Waals surface area contributed by atoms with E-state index in [1.54, 1.807) is 11.3 Å². The Kier molecular flexibility index (Phi) is 4.06. The van der Waals surface area contributed by atoms with E-state index in [1.807, 2.05) is 29.9 Å². The molecule has 0 amide bonds. The molecular weight excluding hydrogens is 286 g/mol. The number of benzene rings is 1. The number of hydrogen-bond donors (Lipinski definition) is 2. The van der Waals surface area contributed by atoms with E-state index in [1.165, 1.54) is 5.56 Å². The first-order valence-electron chi connectivity index (χ1n) is 4.89. The molecule has 1 aromatic heterocycles. The zero-order valence-corrected chi connectivity index (χ0v) is 11.0. The summed E-state index contributed by atoms with van der Waals surface area (Å²) < 4.78 is 1.11. The molecule has 0 aliphatic carbocycles. The number of nitrogens with one attached hydrogen (secondary N) is 1. The molecule has 0 spiro atoms. The van der Waals surface area contributed by atoms with E-state index in [4.69, 9.17) is 5.84 Å². The summed E-state index contributed by atoms with van der Waals surface area (Å²) in [6, 6.07) is 8.28. The molecule has 2 aromatic rings. The van der Waals surface area contributed by atoms with Crippen LogP contribution in [0.3, 0.4) is 0 Å². The van der Waals surface area contributed by atoms with E-state index in [0.29, 0.717) is 0 Å². The molecule has 0 saturated heterocycles. The maximum atomic E-state index is 5.58. The Morgan fingerprint density at radius 1 is 1.44 bits per heavy atom. The third-order valence-corrected chi connectivity index (χ3v) is 4.04. The molecule has 1 aromatic carbocycles. The highest BCUT2D eigenvalue weighted by atomic mass is 79.9. The third kappa shape index (κ3) is 2.68. The molecule has 1 heterocycles. The summed E-state index contributed by atoms with van der Waals surface area (Å²) >= 11 is 5.15. The maximum absolute atomic E-state index is 5.58. The van der Waals surface area contributed by atoms with Gasteiger partial charge in [-0.1, -0.05) is 34.1 Å². The fourth-order valence-corrected chi connectivity index (χ4v) is 2.65. The number of thiazole rings is 1. The fraction of sp³-hybridized carbons (Fsp3) is 0.182. The third-order valence-electron chi connectivity index (χ3n) is 2.38. The van der Waals surface area contributed by atoms with Gasteiger partial charge in [0.2, 0.25) is 0 Å². The van der Waals surface area contributed by atoms with Gasteiger partial charge in [0.1, 0.15) is 0 Å². The second-order valence-electron chi connectivity index (χ2n) is 3.42. The van der Waals surface area contributed by atoms with Gasteiger partial charge in [-0.2, -0.15) is 0 Å². The van der Waals surface area contributed by atoms with Crippen LogP contribution in [0.4, 0.5) is 0 Å². The van der Waals surface area contributed by atoms with Crippen LogP contribution in [-0.2, 0) is 6.42 Å². The first-order chi connectivity index (χ1) is 7.81. The minimum absolute atomic E-state index is 0.117. The molecule has 3 nitrogen and oxygen atoms in total. The minimum atomic E-state index is 0.117. The van der Waals surface area contributed by atoms with Crippen LogP contribution < -0.4 is 11.3 Å². The van der Waals surface area contributed by atoms with Crippen molar-refractivity contribution < 1.29 is 0 Å². The molecular formula is C11H12BrN3S. The molecule has 0 bridgehead atoms. The quantitative estimate of drug-likeness (QED) is 0.674. The van der Waals surface area contributed by atoms with Gasteiger partial charge in [0.25, 0.3) is 0 Å². The van der Waals surface area contributed by atoms with Crippen LogP contribution >= 0.6 is 27.3 Å². The normalized spacial score (nSPS) is 12.6. The van der Waals surface area contributed by atoms with Gasteiger partial charge >= 0.3 is 0 Å². The SMILES string of the molecule is NNC(Cc1ccccc1Br)c1cncs1. The molecule has 0 aliphatic heterocycles. The molecule has 0 fully saturated rings. The van der Waals surface area contributed by atoms with Gasteiger partial charge in [-0.25, -0.2) is 0 Å². The maximum Gasteiger partial charge on any atom is 0.0794 e. The molecule has 3 N–H and O–H groups in total. The van der Waals surface area contributed by atoms with E-state index in [9.17, 15) is 0 Å². The van der Waals surface area contributed by atoms with Crippen molar-refractivity contribution in [2.24, 2.45) is 5.84 Å². The Bertz CT molecular complexity index is 444. The van der Waals surface area contributed by atoms with E-state index >= 15 is 0 Å². The zero-order valence-electron chi connectivity index (χ0n) is 8.56. The number of hydrogen-bond acceptors (Lipinski definition) is 4. The topological polar surface area (TPSA) is 50.9 Å². The Labute approximate surface area is 107 Å². The Morgan fingerprint density at radius 3 is 2.88 bits per heavy atom. The van der Waals surface area contributed by atoms with Crippen molar-refractivity contribution in [1.29, 1.82) is 0 Å². The summed E-state index contributed by atoms with van der Waals surface area (Å²) in [6.45, 7) is 0. The largest absolute Gasteiger partial charge is 0.271 e. The lowest BCUT2D eigenvalue weighted by Gasteiger charge is -2.14. The molecule has 84 valence electrons. The summed E-state index contributed by atoms with van der Waals surface area (Å²) in [6.07, 6.45) is 2.70. The van der Waals surface area contributed by atoms with Crippen LogP contribution in [0.25, 0.3) is 0 Å². The van der Waals surface area contributed by atoms with E-state index in [2.05, 4.69) is 32.4 Å². The van der Waals surface area contributed by atoms with Gasteiger partial charge in [-0.15, -0.1) is 11.3 Å². The van der Waals surface area contributed by atoms with Gasteiger partial charge in [0.15, 0.2) is 0 Å². The van der Waals surface area contributed by atoms with E-state index < -0.39 is 0 Å². The van der Waals surface area contributed by atoms with Crippen molar-refractivity contribution in [2.75, 3.05) is 0 Å². The van der Waals surface area contributed by atoms with Crippen LogP contribution in [0.2, 0.25) is 0 Å². The molecule has 1 unspecified atom stereocenters. The van der Waals surface area contributed by atoms with Gasteiger partial charge < -0.3 is 0 Å². The monoisotopic (exact) mass is 297 g/mol. The van der Waals surface area contributed by atoms with Crippen LogP contribution in [0.15, 0.2) is 40.4 Å². The van der Waals surface area contributed by atoms with Crippen molar-refractivity contribution in [3.05, 3.63) is 50.9 Å². The standard InChI is InChI=1S/C11H12BrN3S/c12-9-4-2-1-3-8(9)5-10(15-13)11-6-14-7-16-11/h1-4,6-7,10,15H,5,13H2. The lowest BCUT2D eigenvalue weighted by molar-refractivity contribution is 0.559. The van der Waals surface area contributed by atoms with Crippen LogP contribution in [0.5, 0.6) is 0 Å². The highest BCUT2D eigenvalue weighted by Gasteiger charge is 2.13. The lowest BCUT2D eigenvalue weighted by atomic mass is 10.1. The van der Waals surface area contributed by atoms with E-state index in [-0.39, 0.29) is 6.04 Å². The number of rotatable bonds is 4. The van der Waals surface area contributed by atoms with Crippen molar-refractivity contribution in [1.82, 2.24) is 10.4 Å². The molecule has 5 heteroatoms. The first-order valence-corrected chi connectivity index (χ1v) is 6.56. The van der Waals surface area contributed by atoms with Crippen LogP contribution in [0, 0.1) is 0 Å². The van der Waals surface area contributed by atoms with Gasteiger partial charge in [-0.3, -0.25) is 16.3 Å². The highest BCUT2D eigenvalue weighted by molar-refractivity contribution is 9.10. The number of hydrazine groups is 1. The minimum Gasteiger partial charge on any atom is -0.271 e. The summed E-state index contributed by atoms with van der Waals surface area (Å²) in [5.41, 5.74) is 5.88. The van der Waals surface area contributed by atoms with Gasteiger partial charge in [-0.05, 0) is 18.1 Å².